The van der Waals surface area contributed by atoms with Crippen LogP contribution in [0.1, 0.15) is 84.0 Å². The topological polar surface area (TPSA) is 87.7 Å². The summed E-state index contributed by atoms with van der Waals surface area (Å²) in [6.07, 6.45) is 1.13. The third kappa shape index (κ3) is 7.84. The zero-order valence-electron chi connectivity index (χ0n) is 21.2. The number of carbonyl (C=O) groups is 3. The van der Waals surface area contributed by atoms with E-state index in [1.807, 2.05) is 45.9 Å². The van der Waals surface area contributed by atoms with Crippen LogP contribution in [0, 0.1) is 13.8 Å². The molecule has 3 atom stereocenters. The highest BCUT2D eigenvalue weighted by Crippen LogP contribution is 2.27. The van der Waals surface area contributed by atoms with Gasteiger partial charge in [0.15, 0.2) is 0 Å². The Morgan fingerprint density at radius 1 is 1.06 bits per heavy atom. The molecule has 0 bridgehead atoms. The first-order valence-corrected chi connectivity index (χ1v) is 11.5. The predicted octanol–water partition coefficient (Wildman–Crippen LogP) is 4.41. The highest BCUT2D eigenvalue weighted by molar-refractivity contribution is 5.92. The first-order chi connectivity index (χ1) is 14.8. The monoisotopic (exact) mass is 447 g/mol. The predicted molar refractivity (Wildman–Crippen MR) is 127 cm³/mol. The maximum atomic E-state index is 13.4. The van der Waals surface area contributed by atoms with Crippen LogP contribution in [-0.4, -0.2) is 47.0 Å². The Morgan fingerprint density at radius 3 is 2.22 bits per heavy atom. The maximum Gasteiger partial charge on any atom is 0.408 e. The molecule has 0 fully saturated rings. The summed E-state index contributed by atoms with van der Waals surface area (Å²) in [6.45, 7) is 17.0. The largest absolute Gasteiger partial charge is 0.444 e. The van der Waals surface area contributed by atoms with Gasteiger partial charge in [0.05, 0.1) is 0 Å². The van der Waals surface area contributed by atoms with Gasteiger partial charge in [-0.3, -0.25) is 9.59 Å². The minimum Gasteiger partial charge on any atom is -0.444 e. The van der Waals surface area contributed by atoms with E-state index < -0.39 is 23.8 Å². The molecule has 0 aromatic heterocycles. The molecule has 1 aromatic rings. The van der Waals surface area contributed by atoms with Crippen LogP contribution in [0.5, 0.6) is 0 Å². The van der Waals surface area contributed by atoms with Crippen molar-refractivity contribution in [2.75, 3.05) is 6.54 Å². The van der Waals surface area contributed by atoms with Crippen molar-refractivity contribution in [2.24, 2.45) is 0 Å². The molecule has 2 N–H and O–H groups in total. The van der Waals surface area contributed by atoms with E-state index in [1.54, 1.807) is 27.7 Å². The van der Waals surface area contributed by atoms with Crippen LogP contribution in [0.4, 0.5) is 4.79 Å². The van der Waals surface area contributed by atoms with Crippen LogP contribution in [0.3, 0.4) is 0 Å². The van der Waals surface area contributed by atoms with Crippen LogP contribution in [0.2, 0.25) is 0 Å². The fourth-order valence-electron chi connectivity index (χ4n) is 3.61. The zero-order chi connectivity index (χ0) is 24.6. The standard InChI is InChI=1S/C25H41N3O4/c1-10-13-17(4)26-22(29)21(20-15-12-14-16(3)18(20)5)28(11-2)23(30)19(6)27-24(31)32-25(7,8)9/h12,14-15,17,19,21H,10-11,13H2,1-9H3,(H,26,29)(H,27,31). The van der Waals surface area contributed by atoms with Gasteiger partial charge in [-0.1, -0.05) is 31.5 Å². The minimum absolute atomic E-state index is 0.00812. The number of alkyl carbamates (subject to hydrolysis) is 1. The van der Waals surface area contributed by atoms with Crippen molar-refractivity contribution in [3.05, 3.63) is 34.9 Å². The number of ether oxygens (including phenoxy) is 1. The molecular formula is C25H41N3O4. The summed E-state index contributed by atoms with van der Waals surface area (Å²) in [5.74, 6) is -0.568. The molecule has 0 spiro atoms. The average Bonchev–Trinajstić information content (AvgIpc) is 2.66. The van der Waals surface area contributed by atoms with Gasteiger partial charge in [0, 0.05) is 12.6 Å². The molecule has 7 heteroatoms. The highest BCUT2D eigenvalue weighted by atomic mass is 16.6. The Balaban J connectivity index is 3.27. The zero-order valence-corrected chi connectivity index (χ0v) is 21.2. The minimum atomic E-state index is -0.849. The lowest BCUT2D eigenvalue weighted by molar-refractivity contribution is -0.142. The average molecular weight is 448 g/mol. The molecule has 1 aromatic carbocycles. The molecule has 1 rings (SSSR count). The van der Waals surface area contributed by atoms with E-state index >= 15 is 0 Å². The van der Waals surface area contributed by atoms with E-state index in [0.717, 1.165) is 29.5 Å². The second-order valence-corrected chi connectivity index (χ2v) is 9.38. The van der Waals surface area contributed by atoms with Crippen molar-refractivity contribution < 1.29 is 19.1 Å². The van der Waals surface area contributed by atoms with Gasteiger partial charge >= 0.3 is 6.09 Å². The smallest absolute Gasteiger partial charge is 0.408 e. The Bertz CT molecular complexity index is 801. The quantitative estimate of drug-likeness (QED) is 0.587. The van der Waals surface area contributed by atoms with Gasteiger partial charge in [-0.2, -0.15) is 0 Å². The normalized spacial score (nSPS) is 14.2. The van der Waals surface area contributed by atoms with Gasteiger partial charge in [0.25, 0.3) is 0 Å². The van der Waals surface area contributed by atoms with E-state index in [0.29, 0.717) is 6.54 Å². The number of rotatable bonds is 9. The lowest BCUT2D eigenvalue weighted by Gasteiger charge is -2.34. The molecule has 180 valence electrons. The summed E-state index contributed by atoms with van der Waals surface area (Å²) in [4.78, 5) is 40.5. The number of likely N-dealkylation sites (N-methyl/N-ethyl adjacent to an activating group) is 1. The molecule has 0 aliphatic carbocycles. The number of benzene rings is 1. The SMILES string of the molecule is CCCC(C)NC(=O)C(c1cccc(C)c1C)N(CC)C(=O)C(C)NC(=O)OC(C)(C)C. The highest BCUT2D eigenvalue weighted by Gasteiger charge is 2.35. The van der Waals surface area contributed by atoms with Gasteiger partial charge in [-0.05, 0) is 78.5 Å². The molecule has 0 aliphatic rings. The number of amides is 3. The summed E-state index contributed by atoms with van der Waals surface area (Å²) in [5.41, 5.74) is 2.12. The Morgan fingerprint density at radius 2 is 1.69 bits per heavy atom. The molecule has 0 aliphatic heterocycles. The Labute approximate surface area is 193 Å². The third-order valence-corrected chi connectivity index (χ3v) is 5.34. The van der Waals surface area contributed by atoms with Gasteiger partial charge in [0.1, 0.15) is 17.7 Å². The molecule has 0 radical (unpaired) electrons. The van der Waals surface area contributed by atoms with Crippen molar-refractivity contribution in [1.82, 2.24) is 15.5 Å². The van der Waals surface area contributed by atoms with E-state index in [9.17, 15) is 14.4 Å². The van der Waals surface area contributed by atoms with Crippen LogP contribution >= 0.6 is 0 Å². The van der Waals surface area contributed by atoms with Crippen LogP contribution < -0.4 is 10.6 Å². The van der Waals surface area contributed by atoms with Crippen molar-refractivity contribution in [1.29, 1.82) is 0 Å². The van der Waals surface area contributed by atoms with Gasteiger partial charge < -0.3 is 20.3 Å². The second-order valence-electron chi connectivity index (χ2n) is 9.38. The molecule has 3 amide bonds. The van der Waals surface area contributed by atoms with Gasteiger partial charge in [-0.15, -0.1) is 0 Å². The lowest BCUT2D eigenvalue weighted by atomic mass is 9.95. The van der Waals surface area contributed by atoms with Crippen molar-refractivity contribution in [2.45, 2.75) is 98.9 Å². The van der Waals surface area contributed by atoms with Crippen molar-refractivity contribution in [3.63, 3.8) is 0 Å². The summed E-state index contributed by atoms with van der Waals surface area (Å²) < 4.78 is 5.28. The first kappa shape index (κ1) is 27.5. The molecule has 0 saturated heterocycles. The number of nitrogens with zero attached hydrogens (tertiary/aromatic N) is 1. The fourth-order valence-corrected chi connectivity index (χ4v) is 3.61. The fraction of sp³-hybridized carbons (Fsp3) is 0.640. The number of aryl methyl sites for hydroxylation is 1. The summed E-state index contributed by atoms with van der Waals surface area (Å²) in [6, 6.07) is 4.12. The van der Waals surface area contributed by atoms with E-state index in [-0.39, 0.29) is 17.9 Å². The van der Waals surface area contributed by atoms with Gasteiger partial charge in [0.2, 0.25) is 11.8 Å². The number of nitrogens with one attached hydrogen (secondary N) is 2. The molecule has 3 unspecified atom stereocenters. The Hall–Kier alpha value is -2.57. The number of hydrogen-bond acceptors (Lipinski definition) is 4. The molecule has 0 saturated carbocycles. The van der Waals surface area contributed by atoms with Crippen LogP contribution in [-0.2, 0) is 14.3 Å². The van der Waals surface area contributed by atoms with E-state index in [4.69, 9.17) is 4.74 Å². The van der Waals surface area contributed by atoms with Crippen molar-refractivity contribution in [3.8, 4) is 0 Å². The van der Waals surface area contributed by atoms with Crippen LogP contribution in [0.25, 0.3) is 0 Å². The first-order valence-electron chi connectivity index (χ1n) is 11.5. The molecule has 0 heterocycles. The maximum absolute atomic E-state index is 13.4. The van der Waals surface area contributed by atoms with Crippen molar-refractivity contribution >= 4 is 17.9 Å². The Kier molecular flexibility index (Phi) is 10.2. The number of carbonyl (C=O) groups excluding carboxylic acids is 3. The summed E-state index contributed by atoms with van der Waals surface area (Å²) in [7, 11) is 0. The molecule has 32 heavy (non-hydrogen) atoms. The second kappa shape index (κ2) is 11.9. The molecular weight excluding hydrogens is 406 g/mol. The van der Waals surface area contributed by atoms with Crippen LogP contribution in [0.15, 0.2) is 18.2 Å². The summed E-state index contributed by atoms with van der Waals surface area (Å²) in [5, 5.41) is 5.66. The molecule has 7 nitrogen and oxygen atoms in total. The number of hydrogen-bond donors (Lipinski definition) is 2. The van der Waals surface area contributed by atoms with Gasteiger partial charge in [-0.25, -0.2) is 4.79 Å². The third-order valence-electron chi connectivity index (χ3n) is 5.34. The van der Waals surface area contributed by atoms with E-state index in [1.165, 1.54) is 4.90 Å². The summed E-state index contributed by atoms with van der Waals surface area (Å²) >= 11 is 0. The lowest BCUT2D eigenvalue weighted by Crippen LogP contribution is -2.52. The van der Waals surface area contributed by atoms with E-state index in [2.05, 4.69) is 17.6 Å².